The largest absolute Gasteiger partial charge is 0.388 e. The third-order valence-corrected chi connectivity index (χ3v) is 3.41. The van der Waals surface area contributed by atoms with Crippen molar-refractivity contribution in [2.75, 3.05) is 0 Å². The summed E-state index contributed by atoms with van der Waals surface area (Å²) in [6, 6.07) is 1.91. The van der Waals surface area contributed by atoms with E-state index < -0.39 is 0 Å². The van der Waals surface area contributed by atoms with Crippen molar-refractivity contribution in [3.63, 3.8) is 0 Å². The summed E-state index contributed by atoms with van der Waals surface area (Å²) in [4.78, 5) is 1.02. The molecule has 1 atom stereocenters. The molecule has 1 unspecified atom stereocenters. The number of aliphatic hydroxyl groups excluding tert-OH is 1. The molecule has 0 aliphatic heterocycles. The third-order valence-electron chi connectivity index (χ3n) is 2.57. The molecule has 0 aromatic carbocycles. The van der Waals surface area contributed by atoms with Gasteiger partial charge in [-0.2, -0.15) is 0 Å². The first-order valence-corrected chi connectivity index (χ1v) is 5.22. The molecule has 2 rings (SSSR count). The van der Waals surface area contributed by atoms with Crippen LogP contribution in [0.1, 0.15) is 36.7 Å². The van der Waals surface area contributed by atoms with Crippen molar-refractivity contribution in [2.24, 2.45) is 5.92 Å². The van der Waals surface area contributed by atoms with Gasteiger partial charge >= 0.3 is 0 Å². The maximum absolute atomic E-state index is 9.72. The molecule has 1 aromatic heterocycles. The Labute approximate surface area is 76.4 Å². The number of rotatable bonds is 3. The summed E-state index contributed by atoms with van der Waals surface area (Å²) in [7, 11) is 0. The summed E-state index contributed by atoms with van der Waals surface area (Å²) < 4.78 is 3.98. The van der Waals surface area contributed by atoms with Crippen molar-refractivity contribution in [3.8, 4) is 0 Å². The lowest BCUT2D eigenvalue weighted by molar-refractivity contribution is 0.121. The first-order chi connectivity index (χ1) is 5.86. The highest BCUT2D eigenvalue weighted by Gasteiger charge is 2.22. The number of nitrogens with zero attached hydrogens (tertiary/aromatic N) is 1. The van der Waals surface area contributed by atoms with Gasteiger partial charge in [-0.25, -0.2) is 4.37 Å². The molecule has 1 aliphatic rings. The maximum Gasteiger partial charge on any atom is 0.0900 e. The molecule has 0 amide bonds. The Morgan fingerprint density at radius 1 is 1.67 bits per heavy atom. The average Bonchev–Trinajstić information content (AvgIpc) is 2.47. The molecule has 1 fully saturated rings. The van der Waals surface area contributed by atoms with Crippen LogP contribution in [0.2, 0.25) is 0 Å². The van der Waals surface area contributed by atoms with Crippen LogP contribution in [-0.4, -0.2) is 9.48 Å². The van der Waals surface area contributed by atoms with E-state index in [0.717, 1.165) is 17.2 Å². The zero-order valence-corrected chi connectivity index (χ0v) is 7.76. The van der Waals surface area contributed by atoms with Gasteiger partial charge in [0.15, 0.2) is 0 Å². The van der Waals surface area contributed by atoms with Crippen LogP contribution >= 0.6 is 11.5 Å². The topological polar surface area (TPSA) is 33.1 Å². The third kappa shape index (κ3) is 1.67. The molecule has 2 nitrogen and oxygen atoms in total. The lowest BCUT2D eigenvalue weighted by Gasteiger charge is -2.26. The number of aliphatic hydroxyl groups is 1. The van der Waals surface area contributed by atoms with Crippen LogP contribution in [-0.2, 0) is 0 Å². The first-order valence-electron chi connectivity index (χ1n) is 4.45. The zero-order valence-electron chi connectivity index (χ0n) is 6.94. The van der Waals surface area contributed by atoms with Crippen molar-refractivity contribution >= 4 is 11.5 Å². The minimum Gasteiger partial charge on any atom is -0.388 e. The van der Waals surface area contributed by atoms with Crippen LogP contribution in [0.3, 0.4) is 0 Å². The van der Waals surface area contributed by atoms with Crippen LogP contribution < -0.4 is 0 Å². The summed E-state index contributed by atoms with van der Waals surface area (Å²) in [5.41, 5.74) is 0. The summed E-state index contributed by atoms with van der Waals surface area (Å²) in [5, 5.41) is 9.72. The number of hydrogen-bond donors (Lipinski definition) is 1. The molecule has 0 spiro atoms. The lowest BCUT2D eigenvalue weighted by atomic mass is 9.81. The molecule has 1 aliphatic carbocycles. The Kier molecular flexibility index (Phi) is 2.42. The second-order valence-corrected chi connectivity index (χ2v) is 4.33. The predicted molar refractivity (Wildman–Crippen MR) is 49.0 cm³/mol. The van der Waals surface area contributed by atoms with E-state index in [4.69, 9.17) is 0 Å². The van der Waals surface area contributed by atoms with Gasteiger partial charge in [0.05, 0.1) is 11.0 Å². The minimum atomic E-state index is -0.261. The smallest absolute Gasteiger partial charge is 0.0900 e. The van der Waals surface area contributed by atoms with Gasteiger partial charge in [0, 0.05) is 6.20 Å². The average molecular weight is 183 g/mol. The molecule has 3 heteroatoms. The van der Waals surface area contributed by atoms with E-state index in [1.807, 2.05) is 6.07 Å². The van der Waals surface area contributed by atoms with Gasteiger partial charge in [-0.15, -0.1) is 0 Å². The minimum absolute atomic E-state index is 0.261. The van der Waals surface area contributed by atoms with Gasteiger partial charge in [0.25, 0.3) is 0 Å². The summed E-state index contributed by atoms with van der Waals surface area (Å²) in [5.74, 6) is 0.766. The van der Waals surface area contributed by atoms with Crippen LogP contribution in [0.4, 0.5) is 0 Å². The van der Waals surface area contributed by atoms with Crippen molar-refractivity contribution in [1.29, 1.82) is 0 Å². The highest BCUT2D eigenvalue weighted by atomic mass is 32.1. The van der Waals surface area contributed by atoms with Gasteiger partial charge < -0.3 is 5.11 Å². The second-order valence-electron chi connectivity index (χ2n) is 3.46. The fourth-order valence-corrected chi connectivity index (χ4v) is 2.14. The number of hydrogen-bond acceptors (Lipinski definition) is 3. The highest BCUT2D eigenvalue weighted by molar-refractivity contribution is 7.05. The van der Waals surface area contributed by atoms with Crippen LogP contribution in [0.5, 0.6) is 0 Å². The van der Waals surface area contributed by atoms with Crippen molar-refractivity contribution in [2.45, 2.75) is 31.8 Å². The Balaban J connectivity index is 1.87. The van der Waals surface area contributed by atoms with E-state index >= 15 is 0 Å². The fourth-order valence-electron chi connectivity index (χ4n) is 1.56. The van der Waals surface area contributed by atoms with Gasteiger partial charge in [-0.05, 0) is 29.9 Å². The Bertz CT molecular complexity index is 231. The molecule has 1 saturated carbocycles. The molecule has 0 saturated heterocycles. The predicted octanol–water partition coefficient (Wildman–Crippen LogP) is 2.37. The molecular weight excluding hydrogens is 170 g/mol. The maximum atomic E-state index is 9.72. The van der Waals surface area contributed by atoms with E-state index in [9.17, 15) is 5.11 Å². The van der Waals surface area contributed by atoms with Gasteiger partial charge in [0.2, 0.25) is 0 Å². The standard InChI is InChI=1S/C9H13NOS/c11-8(6-7-2-1-3-7)9-4-5-10-12-9/h4-5,7-8,11H,1-3,6H2. The van der Waals surface area contributed by atoms with Crippen LogP contribution in [0, 0.1) is 5.92 Å². The van der Waals surface area contributed by atoms with Crippen LogP contribution in [0.25, 0.3) is 0 Å². The summed E-state index contributed by atoms with van der Waals surface area (Å²) >= 11 is 1.41. The van der Waals surface area contributed by atoms with E-state index in [1.165, 1.54) is 30.8 Å². The molecule has 1 N–H and O–H groups in total. The first kappa shape index (κ1) is 8.20. The number of aromatic nitrogens is 1. The Morgan fingerprint density at radius 3 is 3.00 bits per heavy atom. The molecule has 12 heavy (non-hydrogen) atoms. The van der Waals surface area contributed by atoms with E-state index in [1.54, 1.807) is 6.20 Å². The molecule has 0 radical (unpaired) electrons. The zero-order chi connectivity index (χ0) is 8.39. The SMILES string of the molecule is OC(CC1CCC1)c1ccns1. The molecule has 1 aromatic rings. The monoisotopic (exact) mass is 183 g/mol. The van der Waals surface area contributed by atoms with Gasteiger partial charge in [-0.3, -0.25) is 0 Å². The van der Waals surface area contributed by atoms with Crippen molar-refractivity contribution in [3.05, 3.63) is 17.1 Å². The molecule has 1 heterocycles. The molecular formula is C9H13NOS. The van der Waals surface area contributed by atoms with Crippen molar-refractivity contribution < 1.29 is 5.11 Å². The van der Waals surface area contributed by atoms with Gasteiger partial charge in [0.1, 0.15) is 0 Å². The Morgan fingerprint density at radius 2 is 2.50 bits per heavy atom. The summed E-state index contributed by atoms with van der Waals surface area (Å²) in [6.07, 6.45) is 6.38. The normalized spacial score (nSPS) is 20.4. The molecule has 0 bridgehead atoms. The lowest BCUT2D eigenvalue weighted by Crippen LogP contribution is -2.14. The summed E-state index contributed by atoms with van der Waals surface area (Å²) in [6.45, 7) is 0. The van der Waals surface area contributed by atoms with Crippen LogP contribution in [0.15, 0.2) is 12.3 Å². The van der Waals surface area contributed by atoms with Gasteiger partial charge in [-0.1, -0.05) is 19.3 Å². The van der Waals surface area contributed by atoms with Crippen molar-refractivity contribution in [1.82, 2.24) is 4.37 Å². The fraction of sp³-hybridized carbons (Fsp3) is 0.667. The second kappa shape index (κ2) is 3.54. The van der Waals surface area contributed by atoms with E-state index in [-0.39, 0.29) is 6.10 Å². The Hall–Kier alpha value is -0.410. The quantitative estimate of drug-likeness (QED) is 0.780. The highest BCUT2D eigenvalue weighted by Crippen LogP contribution is 2.35. The molecule has 66 valence electrons. The van der Waals surface area contributed by atoms with E-state index in [2.05, 4.69) is 4.37 Å². The van der Waals surface area contributed by atoms with E-state index in [0.29, 0.717) is 0 Å².